The van der Waals surface area contributed by atoms with Crippen molar-refractivity contribution in [2.75, 3.05) is 13.2 Å². The van der Waals surface area contributed by atoms with E-state index in [0.29, 0.717) is 17.9 Å². The maximum Gasteiger partial charge on any atom is 0.262 e. The average molecular weight is 380 g/mol. The van der Waals surface area contributed by atoms with Gasteiger partial charge in [0.05, 0.1) is 6.10 Å². The third-order valence-corrected chi connectivity index (χ3v) is 4.36. The molecule has 6 heteroatoms. The summed E-state index contributed by atoms with van der Waals surface area (Å²) in [4.78, 5) is 12.2. The molecule has 1 aliphatic heterocycles. The molecule has 3 rings (SSSR count). The monoisotopic (exact) mass is 380 g/mol. The SMILES string of the molecule is N#C/C(=C\c1ccc(OCc2cccc(F)c2)cc1)C(=O)NC[C@H]1CCCO1. The molecule has 5 nitrogen and oxygen atoms in total. The maximum absolute atomic E-state index is 13.2. The van der Waals surface area contributed by atoms with Crippen LogP contribution in [-0.2, 0) is 16.1 Å². The topological polar surface area (TPSA) is 71.3 Å². The van der Waals surface area contributed by atoms with Gasteiger partial charge in [-0.2, -0.15) is 5.26 Å². The highest BCUT2D eigenvalue weighted by Crippen LogP contribution is 2.17. The fourth-order valence-corrected chi connectivity index (χ4v) is 2.88. The molecule has 144 valence electrons. The van der Waals surface area contributed by atoms with E-state index in [1.807, 2.05) is 6.07 Å². The third kappa shape index (κ3) is 5.66. The van der Waals surface area contributed by atoms with Crippen LogP contribution in [0.5, 0.6) is 5.75 Å². The van der Waals surface area contributed by atoms with Crippen molar-refractivity contribution in [3.05, 3.63) is 71.0 Å². The van der Waals surface area contributed by atoms with Gasteiger partial charge in [-0.3, -0.25) is 4.79 Å². The zero-order valence-corrected chi connectivity index (χ0v) is 15.4. The first-order chi connectivity index (χ1) is 13.6. The molecule has 2 aromatic rings. The Morgan fingerprint density at radius 1 is 1.32 bits per heavy atom. The molecule has 2 aromatic carbocycles. The summed E-state index contributed by atoms with van der Waals surface area (Å²) in [5.41, 5.74) is 1.48. The molecule has 0 saturated carbocycles. The number of nitrogens with zero attached hydrogens (tertiary/aromatic N) is 1. The van der Waals surface area contributed by atoms with Crippen molar-refractivity contribution in [2.24, 2.45) is 0 Å². The Morgan fingerprint density at radius 3 is 2.82 bits per heavy atom. The van der Waals surface area contributed by atoms with E-state index in [1.54, 1.807) is 36.4 Å². The van der Waals surface area contributed by atoms with Crippen LogP contribution in [-0.4, -0.2) is 25.2 Å². The fraction of sp³-hybridized carbons (Fsp3) is 0.273. The number of nitrogens with one attached hydrogen (secondary N) is 1. The second-order valence-electron chi connectivity index (χ2n) is 6.50. The lowest BCUT2D eigenvalue weighted by atomic mass is 10.1. The van der Waals surface area contributed by atoms with Crippen LogP contribution in [0.2, 0.25) is 0 Å². The molecule has 0 aliphatic carbocycles. The smallest absolute Gasteiger partial charge is 0.262 e. The number of hydrogen-bond donors (Lipinski definition) is 1. The van der Waals surface area contributed by atoms with Gasteiger partial charge in [0.15, 0.2) is 0 Å². The molecule has 0 radical (unpaired) electrons. The van der Waals surface area contributed by atoms with Gasteiger partial charge in [-0.15, -0.1) is 0 Å². The number of rotatable bonds is 7. The summed E-state index contributed by atoms with van der Waals surface area (Å²) in [7, 11) is 0. The van der Waals surface area contributed by atoms with Gasteiger partial charge in [-0.05, 0) is 54.3 Å². The summed E-state index contributed by atoms with van der Waals surface area (Å²) >= 11 is 0. The summed E-state index contributed by atoms with van der Waals surface area (Å²) < 4.78 is 24.3. The first kappa shape index (κ1) is 19.6. The Bertz CT molecular complexity index is 881. The van der Waals surface area contributed by atoms with Crippen molar-refractivity contribution in [1.82, 2.24) is 5.32 Å². The van der Waals surface area contributed by atoms with Crippen LogP contribution in [0.15, 0.2) is 54.1 Å². The number of hydrogen-bond acceptors (Lipinski definition) is 4. The lowest BCUT2D eigenvalue weighted by Gasteiger charge is -2.10. The Kier molecular flexibility index (Phi) is 6.77. The molecule has 1 saturated heterocycles. The fourth-order valence-electron chi connectivity index (χ4n) is 2.88. The first-order valence-electron chi connectivity index (χ1n) is 9.13. The van der Waals surface area contributed by atoms with Crippen molar-refractivity contribution in [3.63, 3.8) is 0 Å². The molecule has 0 spiro atoms. The van der Waals surface area contributed by atoms with Crippen molar-refractivity contribution in [3.8, 4) is 11.8 Å². The molecule has 1 N–H and O–H groups in total. The predicted molar refractivity (Wildman–Crippen MR) is 103 cm³/mol. The molecular formula is C22H21FN2O3. The molecule has 1 atom stereocenters. The first-order valence-corrected chi connectivity index (χ1v) is 9.13. The highest BCUT2D eigenvalue weighted by molar-refractivity contribution is 6.01. The van der Waals surface area contributed by atoms with Crippen LogP contribution >= 0.6 is 0 Å². The van der Waals surface area contributed by atoms with Crippen LogP contribution in [0.3, 0.4) is 0 Å². The van der Waals surface area contributed by atoms with Crippen LogP contribution < -0.4 is 10.1 Å². The number of benzene rings is 2. The van der Waals surface area contributed by atoms with E-state index in [9.17, 15) is 14.4 Å². The highest BCUT2D eigenvalue weighted by Gasteiger charge is 2.17. The van der Waals surface area contributed by atoms with E-state index in [4.69, 9.17) is 9.47 Å². The van der Waals surface area contributed by atoms with Crippen LogP contribution in [0, 0.1) is 17.1 Å². The molecular weight excluding hydrogens is 359 g/mol. The van der Waals surface area contributed by atoms with E-state index >= 15 is 0 Å². The minimum Gasteiger partial charge on any atom is -0.489 e. The van der Waals surface area contributed by atoms with Gasteiger partial charge in [-0.25, -0.2) is 4.39 Å². The molecule has 0 bridgehead atoms. The number of amides is 1. The highest BCUT2D eigenvalue weighted by atomic mass is 19.1. The van der Waals surface area contributed by atoms with Crippen molar-refractivity contribution < 1.29 is 18.7 Å². The lowest BCUT2D eigenvalue weighted by molar-refractivity contribution is -0.117. The van der Waals surface area contributed by atoms with E-state index in [0.717, 1.165) is 25.0 Å². The van der Waals surface area contributed by atoms with Crippen molar-refractivity contribution in [2.45, 2.75) is 25.6 Å². The Morgan fingerprint density at radius 2 is 2.14 bits per heavy atom. The van der Waals surface area contributed by atoms with Gasteiger partial charge in [-0.1, -0.05) is 24.3 Å². The minimum atomic E-state index is -0.413. The molecule has 1 amide bonds. The summed E-state index contributed by atoms with van der Waals surface area (Å²) in [6.45, 7) is 1.38. The van der Waals surface area contributed by atoms with Crippen molar-refractivity contribution in [1.29, 1.82) is 5.26 Å². The van der Waals surface area contributed by atoms with E-state index in [2.05, 4.69) is 5.32 Å². The zero-order valence-electron chi connectivity index (χ0n) is 15.4. The van der Waals surface area contributed by atoms with Crippen LogP contribution in [0.1, 0.15) is 24.0 Å². The Hall–Kier alpha value is -3.17. The number of carbonyl (C=O) groups is 1. The van der Waals surface area contributed by atoms with Crippen molar-refractivity contribution >= 4 is 12.0 Å². The van der Waals surface area contributed by atoms with Gasteiger partial charge in [0, 0.05) is 13.2 Å². The minimum absolute atomic E-state index is 0.0263. The second-order valence-corrected chi connectivity index (χ2v) is 6.50. The van der Waals surface area contributed by atoms with Gasteiger partial charge in [0.2, 0.25) is 0 Å². The second kappa shape index (κ2) is 9.67. The Labute approximate surface area is 163 Å². The summed E-state index contributed by atoms with van der Waals surface area (Å²) in [6, 6.07) is 15.2. The molecule has 1 heterocycles. The van der Waals surface area contributed by atoms with Gasteiger partial charge < -0.3 is 14.8 Å². The standard InChI is InChI=1S/C22H21FN2O3/c23-19-4-1-3-17(12-19)15-28-20-8-6-16(7-9-20)11-18(13-24)22(26)25-14-21-5-2-10-27-21/h1,3-4,6-9,11-12,21H,2,5,10,14-15H2,(H,25,26)/b18-11+/t21-/m1/s1. The lowest BCUT2D eigenvalue weighted by Crippen LogP contribution is -2.32. The molecule has 1 aliphatic rings. The average Bonchev–Trinajstić information content (AvgIpc) is 3.23. The number of ether oxygens (including phenoxy) is 2. The van der Waals surface area contributed by atoms with Crippen LogP contribution in [0.25, 0.3) is 6.08 Å². The Balaban J connectivity index is 1.56. The summed E-state index contributed by atoms with van der Waals surface area (Å²) in [6.07, 6.45) is 3.47. The quantitative estimate of drug-likeness (QED) is 0.588. The summed E-state index contributed by atoms with van der Waals surface area (Å²) in [5.74, 6) is -0.101. The molecule has 0 unspecified atom stereocenters. The van der Waals surface area contributed by atoms with Gasteiger partial charge in [0.1, 0.15) is 29.8 Å². The number of halogens is 1. The largest absolute Gasteiger partial charge is 0.489 e. The molecule has 0 aromatic heterocycles. The molecule has 1 fully saturated rings. The summed E-state index contributed by atoms with van der Waals surface area (Å²) in [5, 5.41) is 12.0. The van der Waals surface area contributed by atoms with Crippen LogP contribution in [0.4, 0.5) is 4.39 Å². The maximum atomic E-state index is 13.2. The third-order valence-electron chi connectivity index (χ3n) is 4.36. The number of carbonyl (C=O) groups excluding carboxylic acids is 1. The van der Waals surface area contributed by atoms with E-state index in [1.165, 1.54) is 18.2 Å². The molecule has 28 heavy (non-hydrogen) atoms. The normalized spacial score (nSPS) is 16.4. The van der Waals surface area contributed by atoms with Gasteiger partial charge in [0.25, 0.3) is 5.91 Å². The van der Waals surface area contributed by atoms with Gasteiger partial charge >= 0.3 is 0 Å². The predicted octanol–water partition coefficient (Wildman–Crippen LogP) is 3.61. The zero-order chi connectivity index (χ0) is 19.8. The van der Waals surface area contributed by atoms with E-state index < -0.39 is 5.91 Å². The van der Waals surface area contributed by atoms with E-state index in [-0.39, 0.29) is 24.1 Å². The number of nitriles is 1.